The van der Waals surface area contributed by atoms with Crippen LogP contribution < -0.4 is 16.2 Å². The summed E-state index contributed by atoms with van der Waals surface area (Å²) >= 11 is 8.28. The van der Waals surface area contributed by atoms with Crippen molar-refractivity contribution in [2.24, 2.45) is 11.5 Å². The summed E-state index contributed by atoms with van der Waals surface area (Å²) in [4.78, 5) is 11.6. The third-order valence-corrected chi connectivity index (χ3v) is 3.44. The molecule has 4 N–H and O–H groups in total. The van der Waals surface area contributed by atoms with Gasteiger partial charge >= 0.3 is 0 Å². The zero-order valence-corrected chi connectivity index (χ0v) is 12.7. The van der Waals surface area contributed by atoms with Gasteiger partial charge in [-0.05, 0) is 46.3 Å². The van der Waals surface area contributed by atoms with E-state index in [4.69, 9.17) is 28.4 Å². The van der Waals surface area contributed by atoms with Crippen molar-refractivity contribution in [2.75, 3.05) is 0 Å². The molecule has 2 rings (SSSR count). The number of para-hydroxylation sites is 1. The molecule has 6 heteroatoms. The number of benzene rings is 2. The molecule has 0 aliphatic carbocycles. The highest BCUT2D eigenvalue weighted by Crippen LogP contribution is 2.32. The monoisotopic (exact) mass is 350 g/mol. The molecular formula is C14H11BrN2O2S. The Morgan fingerprint density at radius 2 is 1.80 bits per heavy atom. The number of thiocarbonyl (C=S) groups is 1. The second-order valence-electron chi connectivity index (χ2n) is 3.97. The van der Waals surface area contributed by atoms with Crippen LogP contribution in [0.3, 0.4) is 0 Å². The Morgan fingerprint density at radius 1 is 1.10 bits per heavy atom. The predicted octanol–water partition coefficient (Wildman–Crippen LogP) is 2.97. The van der Waals surface area contributed by atoms with Crippen molar-refractivity contribution in [3.8, 4) is 11.5 Å². The molecule has 0 heterocycles. The highest BCUT2D eigenvalue weighted by Gasteiger charge is 2.11. The summed E-state index contributed by atoms with van der Waals surface area (Å²) in [5.41, 5.74) is 11.9. The molecular weight excluding hydrogens is 340 g/mol. The molecule has 0 radical (unpaired) electrons. The fourth-order valence-corrected chi connectivity index (χ4v) is 2.20. The number of rotatable bonds is 4. The number of hydrogen-bond acceptors (Lipinski definition) is 3. The van der Waals surface area contributed by atoms with Crippen LogP contribution >= 0.6 is 28.1 Å². The van der Waals surface area contributed by atoms with Crippen molar-refractivity contribution in [3.63, 3.8) is 0 Å². The minimum absolute atomic E-state index is 0.301. The number of carbonyl (C=O) groups excluding carboxylic acids is 1. The highest BCUT2D eigenvalue weighted by molar-refractivity contribution is 9.10. The summed E-state index contributed by atoms with van der Waals surface area (Å²) in [6.07, 6.45) is 0. The number of ether oxygens (including phenoxy) is 1. The van der Waals surface area contributed by atoms with E-state index >= 15 is 0 Å². The van der Waals surface area contributed by atoms with Crippen molar-refractivity contribution in [1.82, 2.24) is 0 Å². The molecule has 0 saturated carbocycles. The van der Waals surface area contributed by atoms with Gasteiger partial charge in [0, 0.05) is 5.56 Å². The van der Waals surface area contributed by atoms with Gasteiger partial charge in [-0.2, -0.15) is 0 Å². The maximum absolute atomic E-state index is 11.3. The van der Waals surface area contributed by atoms with Crippen LogP contribution in [0.15, 0.2) is 46.9 Å². The van der Waals surface area contributed by atoms with Gasteiger partial charge in [0.15, 0.2) is 0 Å². The Morgan fingerprint density at radius 3 is 2.40 bits per heavy atom. The lowest BCUT2D eigenvalue weighted by Crippen LogP contribution is -2.12. The quantitative estimate of drug-likeness (QED) is 0.830. The van der Waals surface area contributed by atoms with Crippen LogP contribution in [0, 0.1) is 0 Å². The van der Waals surface area contributed by atoms with E-state index in [1.165, 1.54) is 0 Å². The van der Waals surface area contributed by atoms with Gasteiger partial charge < -0.3 is 16.2 Å². The zero-order valence-electron chi connectivity index (χ0n) is 10.3. The molecule has 0 unspecified atom stereocenters. The Balaban J connectivity index is 2.36. The summed E-state index contributed by atoms with van der Waals surface area (Å²) in [7, 11) is 0. The van der Waals surface area contributed by atoms with E-state index in [1.807, 2.05) is 0 Å². The number of nitrogens with two attached hydrogens (primary N) is 2. The molecule has 0 bridgehead atoms. The Bertz CT molecular complexity index is 689. The van der Waals surface area contributed by atoms with Gasteiger partial charge in [-0.1, -0.05) is 24.4 Å². The number of carbonyl (C=O) groups is 1. The van der Waals surface area contributed by atoms with Crippen LogP contribution in [-0.2, 0) is 0 Å². The molecule has 0 aromatic heterocycles. The Hall–Kier alpha value is -1.92. The maximum Gasteiger partial charge on any atom is 0.252 e. The zero-order chi connectivity index (χ0) is 14.7. The SMILES string of the molecule is NC(=O)c1ccccc1Oc1ccc(C(N)=S)cc1Br. The fourth-order valence-electron chi connectivity index (χ4n) is 1.61. The minimum atomic E-state index is -0.545. The summed E-state index contributed by atoms with van der Waals surface area (Å²) < 4.78 is 6.39. The van der Waals surface area contributed by atoms with Gasteiger partial charge in [-0.3, -0.25) is 4.79 Å². The second-order valence-corrected chi connectivity index (χ2v) is 5.27. The molecule has 20 heavy (non-hydrogen) atoms. The smallest absolute Gasteiger partial charge is 0.252 e. The van der Waals surface area contributed by atoms with Crippen LogP contribution in [-0.4, -0.2) is 10.9 Å². The number of amides is 1. The van der Waals surface area contributed by atoms with Crippen molar-refractivity contribution < 1.29 is 9.53 Å². The van der Waals surface area contributed by atoms with E-state index in [-0.39, 0.29) is 0 Å². The van der Waals surface area contributed by atoms with Gasteiger partial charge in [-0.15, -0.1) is 0 Å². The molecule has 0 spiro atoms. The highest BCUT2D eigenvalue weighted by atomic mass is 79.9. The maximum atomic E-state index is 11.3. The van der Waals surface area contributed by atoms with Gasteiger partial charge in [0.25, 0.3) is 5.91 Å². The fraction of sp³-hybridized carbons (Fsp3) is 0. The van der Waals surface area contributed by atoms with E-state index in [1.54, 1.807) is 42.5 Å². The van der Waals surface area contributed by atoms with Crippen LogP contribution in [0.4, 0.5) is 0 Å². The summed E-state index contributed by atoms with van der Waals surface area (Å²) in [6, 6.07) is 12.0. The lowest BCUT2D eigenvalue weighted by molar-refractivity contribution is 0.0998. The molecule has 4 nitrogen and oxygen atoms in total. The standard InChI is InChI=1S/C14H11BrN2O2S/c15-10-7-8(14(17)20)5-6-12(10)19-11-4-2-1-3-9(11)13(16)18/h1-7H,(H2,16,18)(H2,17,20). The molecule has 2 aromatic carbocycles. The molecule has 0 fully saturated rings. The summed E-state index contributed by atoms with van der Waals surface area (Å²) in [5.74, 6) is 0.388. The van der Waals surface area contributed by atoms with Crippen LogP contribution in [0.5, 0.6) is 11.5 Å². The normalized spacial score (nSPS) is 10.1. The largest absolute Gasteiger partial charge is 0.455 e. The van der Waals surface area contributed by atoms with Crippen LogP contribution in [0.1, 0.15) is 15.9 Å². The third-order valence-electron chi connectivity index (χ3n) is 2.59. The number of hydrogen-bond donors (Lipinski definition) is 2. The molecule has 0 atom stereocenters. The lowest BCUT2D eigenvalue weighted by atomic mass is 10.2. The van der Waals surface area contributed by atoms with Crippen molar-refractivity contribution in [1.29, 1.82) is 0 Å². The topological polar surface area (TPSA) is 78.3 Å². The van der Waals surface area contributed by atoms with Gasteiger partial charge in [-0.25, -0.2) is 0 Å². The van der Waals surface area contributed by atoms with Gasteiger partial charge in [0.2, 0.25) is 0 Å². The average Bonchev–Trinajstić information content (AvgIpc) is 2.41. The number of halogens is 1. The van der Waals surface area contributed by atoms with Crippen LogP contribution in [0.2, 0.25) is 0 Å². The van der Waals surface area contributed by atoms with E-state index in [0.29, 0.717) is 26.5 Å². The first-order valence-electron chi connectivity index (χ1n) is 5.65. The second kappa shape index (κ2) is 6.02. The minimum Gasteiger partial charge on any atom is -0.455 e. The van der Waals surface area contributed by atoms with E-state index in [9.17, 15) is 4.79 Å². The molecule has 102 valence electrons. The Labute approximate surface area is 129 Å². The van der Waals surface area contributed by atoms with E-state index in [2.05, 4.69) is 15.9 Å². The molecule has 0 saturated heterocycles. The number of primary amides is 1. The molecule has 2 aromatic rings. The molecule has 0 aliphatic heterocycles. The van der Waals surface area contributed by atoms with Crippen molar-refractivity contribution in [2.45, 2.75) is 0 Å². The van der Waals surface area contributed by atoms with Gasteiger partial charge in [0.05, 0.1) is 10.0 Å². The van der Waals surface area contributed by atoms with Crippen LogP contribution in [0.25, 0.3) is 0 Å². The van der Waals surface area contributed by atoms with Gasteiger partial charge in [0.1, 0.15) is 16.5 Å². The lowest BCUT2D eigenvalue weighted by Gasteiger charge is -2.11. The Kier molecular flexibility index (Phi) is 4.36. The first-order chi connectivity index (χ1) is 9.49. The average molecular weight is 351 g/mol. The summed E-state index contributed by atoms with van der Waals surface area (Å²) in [6.45, 7) is 0. The molecule has 0 aliphatic rings. The first kappa shape index (κ1) is 14.5. The van der Waals surface area contributed by atoms with Crippen molar-refractivity contribution >= 4 is 39.0 Å². The first-order valence-corrected chi connectivity index (χ1v) is 6.85. The van der Waals surface area contributed by atoms with E-state index in [0.717, 1.165) is 5.56 Å². The molecule has 1 amide bonds. The van der Waals surface area contributed by atoms with E-state index < -0.39 is 5.91 Å². The predicted molar refractivity (Wildman–Crippen MR) is 85.1 cm³/mol. The third kappa shape index (κ3) is 3.15. The summed E-state index contributed by atoms with van der Waals surface area (Å²) in [5, 5.41) is 0. The van der Waals surface area contributed by atoms with Crippen molar-refractivity contribution in [3.05, 3.63) is 58.1 Å².